The van der Waals surface area contributed by atoms with Gasteiger partial charge in [-0.1, -0.05) is 12.1 Å². The summed E-state index contributed by atoms with van der Waals surface area (Å²) in [5, 5.41) is 2.66. The van der Waals surface area contributed by atoms with Crippen molar-refractivity contribution in [1.82, 2.24) is 4.90 Å². The minimum atomic E-state index is -3.64. The van der Waals surface area contributed by atoms with Crippen LogP contribution in [-0.2, 0) is 24.3 Å². The van der Waals surface area contributed by atoms with Crippen LogP contribution < -0.4 is 10.1 Å². The molecule has 0 fully saturated rings. The van der Waals surface area contributed by atoms with Gasteiger partial charge in [0.1, 0.15) is 11.3 Å². The molecule has 0 unspecified atom stereocenters. The predicted octanol–water partition coefficient (Wildman–Crippen LogP) is 1.45. The van der Waals surface area contributed by atoms with Gasteiger partial charge in [0.05, 0.1) is 18.0 Å². The van der Waals surface area contributed by atoms with Gasteiger partial charge in [0.2, 0.25) is 0 Å². The molecule has 2 heterocycles. The van der Waals surface area contributed by atoms with E-state index in [1.165, 1.54) is 13.0 Å². The Balaban J connectivity index is 1.70. The number of allylic oxidation sites excluding steroid dienone is 2. The standard InChI is InChI=1S/C19H21N3O6S/c1-3-27-16-9-5-4-8-15(16)20-18(23)13(2)28-19(24)14-7-6-10-22-11-12-29(25,26)21-17(14)22/h4-10,13H,3,11-12H2,1-2H3,(H,20,23)/t13-/m0/s1. The maximum Gasteiger partial charge on any atom is 0.342 e. The van der Waals surface area contributed by atoms with Crippen LogP contribution in [0, 0.1) is 0 Å². The molecule has 29 heavy (non-hydrogen) atoms. The van der Waals surface area contributed by atoms with Crippen molar-refractivity contribution in [3.8, 4) is 5.75 Å². The number of hydrogen-bond acceptors (Lipinski definition) is 7. The Kier molecular flexibility index (Phi) is 6.02. The third-order valence-corrected chi connectivity index (χ3v) is 5.32. The molecule has 2 aliphatic rings. The number of hydrogen-bond donors (Lipinski definition) is 1. The molecule has 1 aromatic rings. The van der Waals surface area contributed by atoms with Crippen molar-refractivity contribution >= 4 is 33.4 Å². The summed E-state index contributed by atoms with van der Waals surface area (Å²) in [6.07, 6.45) is 3.51. The second-order valence-corrected chi connectivity index (χ2v) is 8.04. The lowest BCUT2D eigenvalue weighted by Crippen LogP contribution is -2.41. The summed E-state index contributed by atoms with van der Waals surface area (Å²) >= 11 is 0. The fourth-order valence-electron chi connectivity index (χ4n) is 2.74. The Morgan fingerprint density at radius 1 is 1.31 bits per heavy atom. The van der Waals surface area contributed by atoms with Crippen LogP contribution in [0.5, 0.6) is 5.75 Å². The van der Waals surface area contributed by atoms with E-state index in [-0.39, 0.29) is 23.7 Å². The number of carbonyl (C=O) groups excluding carboxylic acids is 2. The van der Waals surface area contributed by atoms with E-state index in [1.54, 1.807) is 41.4 Å². The maximum absolute atomic E-state index is 12.6. The van der Waals surface area contributed by atoms with Crippen LogP contribution >= 0.6 is 0 Å². The van der Waals surface area contributed by atoms with Crippen LogP contribution in [0.3, 0.4) is 0 Å². The van der Waals surface area contributed by atoms with Crippen molar-refractivity contribution in [2.45, 2.75) is 20.0 Å². The average molecular weight is 419 g/mol. The zero-order chi connectivity index (χ0) is 21.0. The first-order valence-electron chi connectivity index (χ1n) is 9.02. The predicted molar refractivity (Wildman–Crippen MR) is 107 cm³/mol. The number of nitrogens with one attached hydrogen (secondary N) is 1. The lowest BCUT2D eigenvalue weighted by atomic mass is 10.1. The van der Waals surface area contributed by atoms with E-state index in [4.69, 9.17) is 9.47 Å². The molecule has 1 aromatic carbocycles. The highest BCUT2D eigenvalue weighted by Crippen LogP contribution is 2.24. The average Bonchev–Trinajstić information content (AvgIpc) is 2.68. The number of esters is 1. The van der Waals surface area contributed by atoms with Crippen LogP contribution in [0.1, 0.15) is 13.8 Å². The Morgan fingerprint density at radius 2 is 2.07 bits per heavy atom. The van der Waals surface area contributed by atoms with Crippen molar-refractivity contribution < 1.29 is 27.5 Å². The molecule has 0 saturated carbocycles. The molecular formula is C19H21N3O6S. The summed E-state index contributed by atoms with van der Waals surface area (Å²) in [6, 6.07) is 6.90. The van der Waals surface area contributed by atoms with Gasteiger partial charge in [-0.05, 0) is 38.1 Å². The van der Waals surface area contributed by atoms with E-state index >= 15 is 0 Å². The van der Waals surface area contributed by atoms with E-state index in [2.05, 4.69) is 9.71 Å². The van der Waals surface area contributed by atoms with E-state index in [9.17, 15) is 18.0 Å². The van der Waals surface area contributed by atoms with Gasteiger partial charge < -0.3 is 19.7 Å². The Bertz CT molecular complexity index is 1010. The van der Waals surface area contributed by atoms with Crippen molar-refractivity contribution in [2.24, 2.45) is 4.40 Å². The van der Waals surface area contributed by atoms with Gasteiger partial charge in [0.15, 0.2) is 11.9 Å². The number of anilines is 1. The molecule has 0 saturated heterocycles. The molecule has 0 spiro atoms. The van der Waals surface area contributed by atoms with Crippen LogP contribution in [-0.4, -0.2) is 56.0 Å². The molecule has 154 valence electrons. The number of sulfonamides is 1. The Hall–Kier alpha value is -3.14. The zero-order valence-corrected chi connectivity index (χ0v) is 16.8. The van der Waals surface area contributed by atoms with Crippen LogP contribution in [0.4, 0.5) is 5.69 Å². The van der Waals surface area contributed by atoms with Crippen molar-refractivity contribution in [1.29, 1.82) is 0 Å². The van der Waals surface area contributed by atoms with Gasteiger partial charge in [-0.25, -0.2) is 13.2 Å². The van der Waals surface area contributed by atoms with Gasteiger partial charge in [-0.2, -0.15) is 0 Å². The summed E-state index contributed by atoms with van der Waals surface area (Å²) < 4.78 is 38.0. The lowest BCUT2D eigenvalue weighted by Gasteiger charge is -2.28. The summed E-state index contributed by atoms with van der Waals surface area (Å²) in [5.74, 6) is -1.03. The topological polar surface area (TPSA) is 114 Å². The molecule has 0 aliphatic carbocycles. The minimum Gasteiger partial charge on any atom is -0.492 e. The first-order valence-corrected chi connectivity index (χ1v) is 10.6. The lowest BCUT2D eigenvalue weighted by molar-refractivity contribution is -0.148. The van der Waals surface area contributed by atoms with Crippen molar-refractivity contribution in [3.05, 3.63) is 48.2 Å². The van der Waals surface area contributed by atoms with Crippen molar-refractivity contribution in [3.63, 3.8) is 0 Å². The molecule has 1 amide bonds. The normalized spacial score (nSPS) is 18.1. The molecule has 9 nitrogen and oxygen atoms in total. The molecule has 0 aromatic heterocycles. The second-order valence-electron chi connectivity index (χ2n) is 6.28. The molecule has 0 radical (unpaired) electrons. The van der Waals surface area contributed by atoms with Gasteiger partial charge in [-0.15, -0.1) is 4.40 Å². The number of carbonyl (C=O) groups is 2. The monoisotopic (exact) mass is 419 g/mol. The maximum atomic E-state index is 12.6. The number of rotatable bonds is 6. The second kappa shape index (κ2) is 8.48. The zero-order valence-electron chi connectivity index (χ0n) is 16.0. The number of amidine groups is 1. The van der Waals surface area contributed by atoms with E-state index < -0.39 is 28.0 Å². The van der Waals surface area contributed by atoms with Crippen molar-refractivity contribution in [2.75, 3.05) is 24.2 Å². The third kappa shape index (κ3) is 4.83. The Labute approximate surface area is 168 Å². The summed E-state index contributed by atoms with van der Waals surface area (Å²) in [7, 11) is -3.64. The molecule has 3 rings (SSSR count). The highest BCUT2D eigenvalue weighted by molar-refractivity contribution is 7.90. The third-order valence-electron chi connectivity index (χ3n) is 4.18. The Morgan fingerprint density at radius 3 is 2.83 bits per heavy atom. The fourth-order valence-corrected chi connectivity index (χ4v) is 3.72. The van der Waals surface area contributed by atoms with Crippen LogP contribution in [0.25, 0.3) is 0 Å². The number of nitrogens with zero attached hydrogens (tertiary/aromatic N) is 2. The summed E-state index contributed by atoms with van der Waals surface area (Å²) in [6.45, 7) is 3.87. The molecular weight excluding hydrogens is 398 g/mol. The highest BCUT2D eigenvalue weighted by Gasteiger charge is 2.32. The first-order chi connectivity index (χ1) is 13.8. The molecule has 2 aliphatic heterocycles. The van der Waals surface area contributed by atoms with Gasteiger partial charge in [0.25, 0.3) is 15.9 Å². The number of fused-ring (bicyclic) bond motifs is 1. The molecule has 1 N–H and O–H groups in total. The number of amides is 1. The van der Waals surface area contributed by atoms with Crippen LogP contribution in [0.2, 0.25) is 0 Å². The van der Waals surface area contributed by atoms with Crippen LogP contribution in [0.15, 0.2) is 52.6 Å². The quantitative estimate of drug-likeness (QED) is 0.694. The fraction of sp³-hybridized carbons (Fsp3) is 0.316. The van der Waals surface area contributed by atoms with E-state index in [0.29, 0.717) is 18.0 Å². The highest BCUT2D eigenvalue weighted by atomic mass is 32.2. The summed E-state index contributed by atoms with van der Waals surface area (Å²) in [5.41, 5.74) is 0.432. The first kappa shape index (κ1) is 20.6. The molecule has 10 heteroatoms. The number of para-hydroxylation sites is 2. The summed E-state index contributed by atoms with van der Waals surface area (Å²) in [4.78, 5) is 26.6. The molecule has 0 bridgehead atoms. The van der Waals surface area contributed by atoms with Gasteiger partial charge >= 0.3 is 5.97 Å². The molecule has 1 atom stereocenters. The van der Waals surface area contributed by atoms with E-state index in [0.717, 1.165) is 0 Å². The smallest absolute Gasteiger partial charge is 0.342 e. The SMILES string of the molecule is CCOc1ccccc1NC(=O)[C@H](C)OC(=O)C1=CC=CN2CCS(=O)(=O)N=C12. The largest absolute Gasteiger partial charge is 0.492 e. The van der Waals surface area contributed by atoms with Gasteiger partial charge in [-0.3, -0.25) is 4.79 Å². The number of benzene rings is 1. The minimum absolute atomic E-state index is 0.00181. The van der Waals surface area contributed by atoms with E-state index in [1.807, 2.05) is 6.92 Å². The van der Waals surface area contributed by atoms with Gasteiger partial charge in [0, 0.05) is 12.7 Å². The number of ether oxygens (including phenoxy) is 2.